The van der Waals surface area contributed by atoms with Crippen LogP contribution in [0.3, 0.4) is 0 Å². The van der Waals surface area contributed by atoms with Gasteiger partial charge in [-0.3, -0.25) is 4.90 Å². The van der Waals surface area contributed by atoms with E-state index < -0.39 is 11.9 Å². The molecule has 1 aliphatic heterocycles. The largest absolute Gasteiger partial charge is 0.433 e. The van der Waals surface area contributed by atoms with E-state index in [2.05, 4.69) is 24.8 Å². The van der Waals surface area contributed by atoms with Gasteiger partial charge in [-0.25, -0.2) is 15.0 Å². The van der Waals surface area contributed by atoms with Crippen molar-refractivity contribution in [2.45, 2.75) is 31.6 Å². The summed E-state index contributed by atoms with van der Waals surface area (Å²) in [6, 6.07) is 1.12. The highest BCUT2D eigenvalue weighted by Gasteiger charge is 2.33. The van der Waals surface area contributed by atoms with Crippen LogP contribution in [0.1, 0.15) is 24.2 Å². The number of piperidine rings is 1. The maximum Gasteiger partial charge on any atom is 0.433 e. The van der Waals surface area contributed by atoms with E-state index >= 15 is 0 Å². The van der Waals surface area contributed by atoms with Gasteiger partial charge >= 0.3 is 6.18 Å². The molecule has 0 aromatic carbocycles. The highest BCUT2D eigenvalue weighted by atomic mass is 19.4. The summed E-state index contributed by atoms with van der Waals surface area (Å²) in [6.07, 6.45) is 1.84. The molecule has 3 rings (SSSR count). The quantitative estimate of drug-likeness (QED) is 0.926. The fourth-order valence-electron chi connectivity index (χ4n) is 2.98. The molecule has 6 nitrogen and oxygen atoms in total. The molecule has 0 amide bonds. The monoisotopic (exact) mass is 340 g/mol. The van der Waals surface area contributed by atoms with E-state index in [1.165, 1.54) is 0 Å². The van der Waals surface area contributed by atoms with Crippen LogP contribution < -0.4 is 4.90 Å². The molecular weight excluding hydrogens is 321 g/mol. The van der Waals surface area contributed by atoms with Gasteiger partial charge in [0.1, 0.15) is 17.8 Å². The Bertz CT molecular complexity index is 657. The van der Waals surface area contributed by atoms with Crippen LogP contribution in [0.15, 0.2) is 24.9 Å². The Morgan fingerprint density at radius 1 is 1.38 bits per heavy atom. The van der Waals surface area contributed by atoms with Crippen molar-refractivity contribution < 1.29 is 13.2 Å². The van der Waals surface area contributed by atoms with Crippen molar-refractivity contribution >= 4 is 5.82 Å². The van der Waals surface area contributed by atoms with Crippen molar-refractivity contribution in [3.05, 3.63) is 36.3 Å². The number of hydrogen-bond acceptors (Lipinski definition) is 5. The third-order valence-corrected chi connectivity index (χ3v) is 4.28. The second-order valence-electron chi connectivity index (χ2n) is 5.98. The number of likely N-dealkylation sites (N-methyl/N-ethyl adjacent to an activating group) is 1. The summed E-state index contributed by atoms with van der Waals surface area (Å²) in [5.74, 6) is 0.297. The highest BCUT2D eigenvalue weighted by Crippen LogP contribution is 2.29. The van der Waals surface area contributed by atoms with Crippen molar-refractivity contribution in [1.29, 1.82) is 0 Å². The highest BCUT2D eigenvalue weighted by molar-refractivity contribution is 5.40. The second kappa shape index (κ2) is 6.76. The third-order valence-electron chi connectivity index (χ3n) is 4.28. The molecule has 2 aromatic rings. The van der Waals surface area contributed by atoms with E-state index in [0.717, 1.165) is 50.6 Å². The predicted molar refractivity (Wildman–Crippen MR) is 82.3 cm³/mol. The molecule has 1 saturated heterocycles. The zero-order chi connectivity index (χ0) is 17.2. The molecule has 9 heteroatoms. The average molecular weight is 340 g/mol. The van der Waals surface area contributed by atoms with Gasteiger partial charge in [-0.15, -0.1) is 0 Å². The molecule has 24 heavy (non-hydrogen) atoms. The van der Waals surface area contributed by atoms with Gasteiger partial charge in [0.05, 0.1) is 6.33 Å². The molecule has 0 spiro atoms. The molecule has 1 N–H and O–H groups in total. The Labute approximate surface area is 137 Å². The van der Waals surface area contributed by atoms with Crippen molar-refractivity contribution in [3.8, 4) is 0 Å². The zero-order valence-corrected chi connectivity index (χ0v) is 13.3. The molecule has 0 aliphatic carbocycles. The van der Waals surface area contributed by atoms with E-state index in [1.54, 1.807) is 19.6 Å². The standard InChI is InChI=1S/C15H19F3N6/c1-23(14-5-13(15(16,17)18)21-10-22-14)12-3-2-4-24(8-12)7-11-6-19-9-20-11/h5-6,9-10,12H,2-4,7-8H2,1H3,(H,19,20). The van der Waals surface area contributed by atoms with Gasteiger partial charge in [-0.2, -0.15) is 13.2 Å². The number of aromatic nitrogens is 4. The van der Waals surface area contributed by atoms with Crippen LogP contribution in [0.5, 0.6) is 0 Å². The van der Waals surface area contributed by atoms with Crippen LogP contribution >= 0.6 is 0 Å². The number of nitrogens with one attached hydrogen (secondary N) is 1. The fourth-order valence-corrected chi connectivity index (χ4v) is 2.98. The summed E-state index contributed by atoms with van der Waals surface area (Å²) in [6.45, 7) is 2.48. The molecule has 1 atom stereocenters. The van der Waals surface area contributed by atoms with Crippen LogP contribution in [0.2, 0.25) is 0 Å². The molecule has 1 fully saturated rings. The summed E-state index contributed by atoms with van der Waals surface area (Å²) in [5.41, 5.74) is 0.115. The lowest BCUT2D eigenvalue weighted by atomic mass is 10.0. The van der Waals surface area contributed by atoms with Gasteiger partial charge in [-0.1, -0.05) is 0 Å². The van der Waals surface area contributed by atoms with Crippen molar-refractivity contribution in [2.75, 3.05) is 25.0 Å². The third kappa shape index (κ3) is 3.84. The van der Waals surface area contributed by atoms with Crippen molar-refractivity contribution in [3.63, 3.8) is 0 Å². The lowest BCUT2D eigenvalue weighted by Gasteiger charge is -2.38. The molecule has 0 bridgehead atoms. The topological polar surface area (TPSA) is 60.9 Å². The van der Waals surface area contributed by atoms with E-state index in [1.807, 2.05) is 4.90 Å². The Kier molecular flexibility index (Phi) is 4.70. The minimum absolute atomic E-state index is 0.109. The van der Waals surface area contributed by atoms with E-state index in [9.17, 15) is 13.2 Å². The van der Waals surface area contributed by atoms with Gasteiger partial charge < -0.3 is 9.88 Å². The number of hydrogen-bond donors (Lipinski definition) is 1. The summed E-state index contributed by atoms with van der Waals surface area (Å²) >= 11 is 0. The van der Waals surface area contributed by atoms with Crippen molar-refractivity contribution in [2.24, 2.45) is 0 Å². The SMILES string of the molecule is CN(c1cc(C(F)(F)F)ncn1)C1CCCN(Cc2cnc[nH]2)C1. The predicted octanol–water partition coefficient (Wildman–Crippen LogP) is 2.32. The number of halogens is 3. The van der Waals surface area contributed by atoms with E-state index in [4.69, 9.17) is 0 Å². The summed E-state index contributed by atoms with van der Waals surface area (Å²) < 4.78 is 38.5. The van der Waals surface area contributed by atoms with Gasteiger partial charge in [0.2, 0.25) is 0 Å². The molecule has 3 heterocycles. The first-order valence-electron chi connectivity index (χ1n) is 7.75. The lowest BCUT2D eigenvalue weighted by Crippen LogP contribution is -2.46. The summed E-state index contributed by atoms with van der Waals surface area (Å²) in [4.78, 5) is 18.5. The molecule has 2 aromatic heterocycles. The minimum atomic E-state index is -4.46. The number of H-pyrrole nitrogens is 1. The van der Waals surface area contributed by atoms with E-state index in [0.29, 0.717) is 5.82 Å². The molecule has 0 radical (unpaired) electrons. The number of rotatable bonds is 4. The number of likely N-dealkylation sites (tertiary alicyclic amines) is 1. The summed E-state index contributed by atoms with van der Waals surface area (Å²) in [7, 11) is 1.78. The minimum Gasteiger partial charge on any atom is -0.355 e. The van der Waals surface area contributed by atoms with Crippen LogP contribution in [-0.4, -0.2) is 51.0 Å². The Morgan fingerprint density at radius 2 is 2.21 bits per heavy atom. The zero-order valence-electron chi connectivity index (χ0n) is 13.3. The number of alkyl halides is 3. The molecule has 130 valence electrons. The van der Waals surface area contributed by atoms with Crippen molar-refractivity contribution in [1.82, 2.24) is 24.8 Å². The number of anilines is 1. The number of aromatic amines is 1. The first-order valence-corrected chi connectivity index (χ1v) is 7.75. The smallest absolute Gasteiger partial charge is 0.355 e. The molecule has 1 aliphatic rings. The van der Waals surface area contributed by atoms with Crippen LogP contribution in [-0.2, 0) is 12.7 Å². The maximum atomic E-state index is 12.8. The Morgan fingerprint density at radius 3 is 2.92 bits per heavy atom. The van der Waals surface area contributed by atoms with Crippen LogP contribution in [0, 0.1) is 0 Å². The van der Waals surface area contributed by atoms with Gasteiger partial charge in [0.15, 0.2) is 0 Å². The number of imidazole rings is 1. The second-order valence-corrected chi connectivity index (χ2v) is 5.98. The molecule has 0 saturated carbocycles. The van der Waals surface area contributed by atoms with Crippen LogP contribution in [0.25, 0.3) is 0 Å². The summed E-state index contributed by atoms with van der Waals surface area (Å²) in [5, 5.41) is 0. The molecule has 1 unspecified atom stereocenters. The van der Waals surface area contributed by atoms with Gasteiger partial charge in [0, 0.05) is 44.1 Å². The Hall–Kier alpha value is -2.16. The first kappa shape index (κ1) is 16.7. The van der Waals surface area contributed by atoms with Gasteiger partial charge in [0.25, 0.3) is 0 Å². The van der Waals surface area contributed by atoms with Crippen LogP contribution in [0.4, 0.5) is 19.0 Å². The van der Waals surface area contributed by atoms with Gasteiger partial charge in [-0.05, 0) is 19.4 Å². The molecular formula is C15H19F3N6. The number of nitrogens with zero attached hydrogens (tertiary/aromatic N) is 5. The normalized spacial score (nSPS) is 19.4. The maximum absolute atomic E-state index is 12.8. The first-order chi connectivity index (χ1) is 11.4. The van der Waals surface area contributed by atoms with E-state index in [-0.39, 0.29) is 6.04 Å². The Balaban J connectivity index is 1.69. The fraction of sp³-hybridized carbons (Fsp3) is 0.533. The average Bonchev–Trinajstić information content (AvgIpc) is 3.07. The lowest BCUT2D eigenvalue weighted by molar-refractivity contribution is -0.141.